The molecule has 0 amide bonds. The number of aryl methyl sites for hydroxylation is 1. The van der Waals surface area contributed by atoms with Crippen molar-refractivity contribution in [3.05, 3.63) is 23.3 Å². The van der Waals surface area contributed by atoms with Crippen LogP contribution in [0.3, 0.4) is 0 Å². The average Bonchev–Trinajstić information content (AvgIpc) is 2.82. The van der Waals surface area contributed by atoms with Crippen molar-refractivity contribution in [1.29, 1.82) is 0 Å². The highest BCUT2D eigenvalue weighted by Gasteiger charge is 2.46. The number of rotatable bonds is 7. The van der Waals surface area contributed by atoms with Gasteiger partial charge in [-0.3, -0.25) is 0 Å². The van der Waals surface area contributed by atoms with Gasteiger partial charge in [-0.1, -0.05) is 0 Å². The summed E-state index contributed by atoms with van der Waals surface area (Å²) >= 11 is 0. The Morgan fingerprint density at radius 2 is 1.65 bits per heavy atom. The number of ether oxygens (including phenoxy) is 6. The Labute approximate surface area is 195 Å². The van der Waals surface area contributed by atoms with Crippen LogP contribution in [0.1, 0.15) is 15.9 Å². The molecule has 2 heterocycles. The molecule has 2 saturated heterocycles. The first-order chi connectivity index (χ1) is 16.1. The molecule has 1 aromatic rings. The molecule has 0 bridgehead atoms. The molecule has 0 aromatic heterocycles. The van der Waals surface area contributed by atoms with Crippen LogP contribution in [0.15, 0.2) is 12.1 Å². The van der Waals surface area contributed by atoms with Gasteiger partial charge in [0.25, 0.3) is 0 Å². The van der Waals surface area contributed by atoms with E-state index in [0.717, 1.165) is 0 Å². The molecule has 0 aliphatic carbocycles. The second kappa shape index (κ2) is 11.1. The van der Waals surface area contributed by atoms with E-state index in [4.69, 9.17) is 28.4 Å². The third-order valence-corrected chi connectivity index (χ3v) is 5.69. The van der Waals surface area contributed by atoms with Gasteiger partial charge in [-0.25, -0.2) is 4.79 Å². The number of aliphatic hydroxyl groups is 6. The lowest BCUT2D eigenvalue weighted by molar-refractivity contribution is -0.307. The molecule has 13 nitrogen and oxygen atoms in total. The molecule has 0 saturated carbocycles. The van der Waals surface area contributed by atoms with E-state index in [0.29, 0.717) is 11.3 Å². The summed E-state index contributed by atoms with van der Waals surface area (Å²) in [4.78, 5) is 12.3. The maximum absolute atomic E-state index is 12.3. The molecule has 0 radical (unpaired) electrons. The van der Waals surface area contributed by atoms with Gasteiger partial charge >= 0.3 is 5.97 Å². The van der Waals surface area contributed by atoms with Crippen LogP contribution in [0, 0.1) is 6.92 Å². The zero-order chi connectivity index (χ0) is 25.2. The lowest BCUT2D eigenvalue weighted by atomic mass is 9.99. The highest BCUT2D eigenvalue weighted by atomic mass is 16.7. The van der Waals surface area contributed by atoms with Gasteiger partial charge in [0.15, 0.2) is 6.29 Å². The molecule has 2 aliphatic heterocycles. The van der Waals surface area contributed by atoms with Crippen LogP contribution in [0.2, 0.25) is 0 Å². The van der Waals surface area contributed by atoms with Gasteiger partial charge in [-0.05, 0) is 18.6 Å². The highest BCUT2D eigenvalue weighted by molar-refractivity contribution is 5.94. The topological polar surface area (TPSA) is 194 Å². The van der Waals surface area contributed by atoms with Crippen molar-refractivity contribution in [3.63, 3.8) is 0 Å². The van der Waals surface area contributed by atoms with Crippen LogP contribution in [0.4, 0.5) is 0 Å². The number of hydrogen-bond donors (Lipinski definition) is 6. The maximum atomic E-state index is 12.3. The van der Waals surface area contributed by atoms with Gasteiger partial charge in [0.2, 0.25) is 6.29 Å². The Bertz CT molecular complexity index is 848. The summed E-state index contributed by atoms with van der Waals surface area (Å²) in [5.74, 6) is -0.431. The molecule has 9 atom stereocenters. The molecule has 2 aliphatic rings. The monoisotopic (exact) mass is 490 g/mol. The standard InChI is InChI=1S/C21H30O13/c1-8-4-9(29-2)5-11(13(8)19(28)30-3)33-21-18(27)16(25)15(24)12(34-21)7-32-20-17(26)14(23)10(22)6-31-20/h4-5,10,12,14-18,20-27H,6-7H2,1-3H3. The Kier molecular flexibility index (Phi) is 8.67. The second-order valence-electron chi connectivity index (χ2n) is 8.03. The van der Waals surface area contributed by atoms with E-state index < -0.39 is 67.9 Å². The van der Waals surface area contributed by atoms with Crippen molar-refractivity contribution in [2.24, 2.45) is 0 Å². The van der Waals surface area contributed by atoms with Gasteiger partial charge in [0.05, 0.1) is 27.4 Å². The van der Waals surface area contributed by atoms with E-state index in [2.05, 4.69) is 0 Å². The van der Waals surface area contributed by atoms with E-state index in [1.807, 2.05) is 0 Å². The minimum atomic E-state index is -1.72. The largest absolute Gasteiger partial charge is 0.497 e. The van der Waals surface area contributed by atoms with Crippen molar-refractivity contribution in [1.82, 2.24) is 0 Å². The van der Waals surface area contributed by atoms with Crippen molar-refractivity contribution in [2.45, 2.75) is 62.2 Å². The summed E-state index contributed by atoms with van der Waals surface area (Å²) < 4.78 is 31.8. The first-order valence-corrected chi connectivity index (χ1v) is 10.5. The molecule has 13 heteroatoms. The summed E-state index contributed by atoms with van der Waals surface area (Å²) in [5, 5.41) is 60.4. The van der Waals surface area contributed by atoms with Crippen LogP contribution in [0.5, 0.6) is 11.5 Å². The van der Waals surface area contributed by atoms with E-state index in [1.54, 1.807) is 13.0 Å². The zero-order valence-corrected chi connectivity index (χ0v) is 18.8. The van der Waals surface area contributed by atoms with Crippen LogP contribution < -0.4 is 9.47 Å². The van der Waals surface area contributed by atoms with Gasteiger partial charge in [-0.15, -0.1) is 0 Å². The van der Waals surface area contributed by atoms with Crippen molar-refractivity contribution in [2.75, 3.05) is 27.4 Å². The van der Waals surface area contributed by atoms with Crippen LogP contribution in [-0.4, -0.2) is 119 Å². The van der Waals surface area contributed by atoms with E-state index in [1.165, 1.54) is 20.3 Å². The lowest BCUT2D eigenvalue weighted by Crippen LogP contribution is -2.61. The summed E-state index contributed by atoms with van der Waals surface area (Å²) in [6, 6.07) is 2.95. The number of aliphatic hydroxyl groups excluding tert-OH is 6. The first-order valence-electron chi connectivity index (χ1n) is 10.5. The van der Waals surface area contributed by atoms with Crippen molar-refractivity contribution in [3.8, 4) is 11.5 Å². The maximum Gasteiger partial charge on any atom is 0.341 e. The number of carbonyl (C=O) groups excluding carboxylic acids is 1. The smallest absolute Gasteiger partial charge is 0.341 e. The molecule has 6 N–H and O–H groups in total. The number of benzene rings is 1. The minimum absolute atomic E-state index is 0.0405. The molecule has 34 heavy (non-hydrogen) atoms. The van der Waals surface area contributed by atoms with Gasteiger partial charge in [0.1, 0.15) is 59.8 Å². The summed E-state index contributed by atoms with van der Waals surface area (Å²) in [6.45, 7) is 0.877. The number of methoxy groups -OCH3 is 2. The first kappa shape index (κ1) is 26.5. The second-order valence-corrected chi connectivity index (χ2v) is 8.03. The Morgan fingerprint density at radius 3 is 2.29 bits per heavy atom. The number of esters is 1. The van der Waals surface area contributed by atoms with E-state index in [-0.39, 0.29) is 17.9 Å². The average molecular weight is 490 g/mol. The van der Waals surface area contributed by atoms with Gasteiger partial charge in [0, 0.05) is 6.07 Å². The third-order valence-electron chi connectivity index (χ3n) is 5.69. The van der Waals surface area contributed by atoms with Crippen LogP contribution in [0.25, 0.3) is 0 Å². The predicted molar refractivity (Wildman–Crippen MR) is 110 cm³/mol. The molecule has 1 aromatic carbocycles. The summed E-state index contributed by atoms with van der Waals surface area (Å²) in [6.07, 6.45) is -13.6. The quantitative estimate of drug-likeness (QED) is 0.219. The minimum Gasteiger partial charge on any atom is -0.497 e. The Hall–Kier alpha value is -2.07. The predicted octanol–water partition coefficient (Wildman–Crippen LogP) is -2.57. The van der Waals surface area contributed by atoms with Gasteiger partial charge < -0.3 is 59.1 Å². The molecule has 3 rings (SSSR count). The van der Waals surface area contributed by atoms with Crippen molar-refractivity contribution >= 4 is 5.97 Å². The Morgan fingerprint density at radius 1 is 0.971 bits per heavy atom. The van der Waals surface area contributed by atoms with E-state index >= 15 is 0 Å². The number of carbonyl (C=O) groups is 1. The fourth-order valence-electron chi connectivity index (χ4n) is 3.69. The van der Waals surface area contributed by atoms with Gasteiger partial charge in [-0.2, -0.15) is 0 Å². The molecular formula is C21H30O13. The van der Waals surface area contributed by atoms with Crippen LogP contribution in [-0.2, 0) is 18.9 Å². The highest BCUT2D eigenvalue weighted by Crippen LogP contribution is 2.33. The zero-order valence-electron chi connectivity index (χ0n) is 18.8. The summed E-state index contributed by atoms with van der Waals surface area (Å²) in [5.41, 5.74) is 0.495. The SMILES string of the molecule is COC(=O)c1c(C)cc(OC)cc1OC1OC(COC2OCC(O)C(O)C2O)C(O)C(O)C1O. The molecular weight excluding hydrogens is 460 g/mol. The summed E-state index contributed by atoms with van der Waals surface area (Å²) in [7, 11) is 2.60. The van der Waals surface area contributed by atoms with E-state index in [9.17, 15) is 35.4 Å². The fraction of sp³-hybridized carbons (Fsp3) is 0.667. The van der Waals surface area contributed by atoms with Crippen molar-refractivity contribution < 1.29 is 63.9 Å². The molecule has 2 fully saturated rings. The normalized spacial score (nSPS) is 36.1. The molecule has 192 valence electrons. The third kappa shape index (κ3) is 5.43. The lowest BCUT2D eigenvalue weighted by Gasteiger charge is -2.41. The molecule has 9 unspecified atom stereocenters. The number of hydrogen-bond acceptors (Lipinski definition) is 13. The Balaban J connectivity index is 1.77. The van der Waals surface area contributed by atoms with Crippen LogP contribution >= 0.6 is 0 Å². The molecule has 0 spiro atoms. The fourth-order valence-corrected chi connectivity index (χ4v) is 3.69.